The van der Waals surface area contributed by atoms with Crippen LogP contribution in [0.5, 0.6) is 11.5 Å². The Labute approximate surface area is 108 Å². The van der Waals surface area contributed by atoms with Crippen LogP contribution in [0.4, 0.5) is 5.69 Å². The molecule has 3 heteroatoms. The maximum atomic E-state index is 5.59. The van der Waals surface area contributed by atoms with Gasteiger partial charge in [0.2, 0.25) is 0 Å². The molecular weight excluding hydrogens is 226 g/mol. The molecule has 0 spiro atoms. The van der Waals surface area contributed by atoms with Crippen LogP contribution >= 0.6 is 0 Å². The molecule has 0 amide bonds. The van der Waals surface area contributed by atoms with Crippen LogP contribution in [-0.2, 0) is 0 Å². The molecule has 1 N–H and O–H groups in total. The molecule has 1 aromatic carbocycles. The summed E-state index contributed by atoms with van der Waals surface area (Å²) in [6.45, 7) is 2.39. The zero-order valence-corrected chi connectivity index (χ0v) is 10.8. The summed E-state index contributed by atoms with van der Waals surface area (Å²) in [6.07, 6.45) is 6.95. The summed E-state index contributed by atoms with van der Waals surface area (Å²) in [7, 11) is 0. The summed E-state index contributed by atoms with van der Waals surface area (Å²) < 4.78 is 11.1. The molecule has 1 heterocycles. The monoisotopic (exact) mass is 247 g/mol. The number of hydrogen-bond donors (Lipinski definition) is 1. The second kappa shape index (κ2) is 5.51. The van der Waals surface area contributed by atoms with Gasteiger partial charge in [-0.3, -0.25) is 0 Å². The van der Waals surface area contributed by atoms with Crippen molar-refractivity contribution in [3.8, 4) is 11.5 Å². The molecule has 2 aliphatic rings. The number of fused-ring (bicyclic) bond motifs is 1. The smallest absolute Gasteiger partial charge is 0.163 e. The van der Waals surface area contributed by atoms with Crippen molar-refractivity contribution in [1.82, 2.24) is 0 Å². The molecule has 0 atom stereocenters. The van der Waals surface area contributed by atoms with Crippen LogP contribution in [0.1, 0.15) is 32.1 Å². The van der Waals surface area contributed by atoms with Gasteiger partial charge in [-0.1, -0.05) is 19.3 Å². The minimum Gasteiger partial charge on any atom is -0.486 e. The summed E-state index contributed by atoms with van der Waals surface area (Å²) in [5.41, 5.74) is 1.14. The molecule has 0 saturated heterocycles. The number of nitrogens with one attached hydrogen (secondary N) is 1. The Balaban J connectivity index is 1.58. The van der Waals surface area contributed by atoms with Crippen molar-refractivity contribution in [2.45, 2.75) is 32.1 Å². The SMILES string of the molecule is c1cc2c(cc1NCC1CCCCC1)OCCO2. The van der Waals surface area contributed by atoms with Gasteiger partial charge < -0.3 is 14.8 Å². The zero-order chi connectivity index (χ0) is 12.2. The molecule has 0 bridgehead atoms. The Morgan fingerprint density at radius 2 is 1.78 bits per heavy atom. The molecule has 3 rings (SSSR count). The minimum atomic E-state index is 0.652. The lowest BCUT2D eigenvalue weighted by molar-refractivity contribution is 0.171. The van der Waals surface area contributed by atoms with Crippen molar-refractivity contribution in [2.24, 2.45) is 5.92 Å². The molecule has 1 aliphatic carbocycles. The second-order valence-electron chi connectivity index (χ2n) is 5.24. The van der Waals surface area contributed by atoms with Crippen LogP contribution in [0.3, 0.4) is 0 Å². The standard InChI is InChI=1S/C15H21NO2/c1-2-4-12(5-3-1)11-16-13-6-7-14-15(10-13)18-9-8-17-14/h6-7,10,12,16H,1-5,8-9,11H2. The first kappa shape index (κ1) is 11.7. The van der Waals surface area contributed by atoms with Crippen molar-refractivity contribution in [1.29, 1.82) is 0 Å². The van der Waals surface area contributed by atoms with Gasteiger partial charge in [-0.2, -0.15) is 0 Å². The van der Waals surface area contributed by atoms with Gasteiger partial charge in [-0.05, 0) is 30.9 Å². The van der Waals surface area contributed by atoms with E-state index in [0.717, 1.165) is 29.6 Å². The van der Waals surface area contributed by atoms with Gasteiger partial charge in [0, 0.05) is 18.3 Å². The van der Waals surface area contributed by atoms with Gasteiger partial charge in [-0.25, -0.2) is 0 Å². The first-order valence-corrected chi connectivity index (χ1v) is 7.05. The van der Waals surface area contributed by atoms with Crippen LogP contribution in [-0.4, -0.2) is 19.8 Å². The van der Waals surface area contributed by atoms with Crippen molar-refractivity contribution >= 4 is 5.69 Å². The maximum Gasteiger partial charge on any atom is 0.163 e. The first-order valence-electron chi connectivity index (χ1n) is 7.05. The van der Waals surface area contributed by atoms with E-state index in [1.807, 2.05) is 6.07 Å². The van der Waals surface area contributed by atoms with E-state index in [4.69, 9.17) is 9.47 Å². The first-order chi connectivity index (χ1) is 8.92. The quantitative estimate of drug-likeness (QED) is 0.887. The predicted molar refractivity (Wildman–Crippen MR) is 72.5 cm³/mol. The van der Waals surface area contributed by atoms with Crippen molar-refractivity contribution < 1.29 is 9.47 Å². The Bertz CT molecular complexity index is 399. The fourth-order valence-corrected chi connectivity index (χ4v) is 2.81. The lowest BCUT2D eigenvalue weighted by Crippen LogP contribution is -2.18. The molecule has 0 unspecified atom stereocenters. The molecule has 1 aliphatic heterocycles. The van der Waals surface area contributed by atoms with Crippen LogP contribution in [0.25, 0.3) is 0 Å². The van der Waals surface area contributed by atoms with E-state index in [2.05, 4.69) is 17.4 Å². The van der Waals surface area contributed by atoms with Gasteiger partial charge in [0.15, 0.2) is 11.5 Å². The largest absolute Gasteiger partial charge is 0.486 e. The number of ether oxygens (including phenoxy) is 2. The van der Waals surface area contributed by atoms with Crippen LogP contribution in [0.2, 0.25) is 0 Å². The topological polar surface area (TPSA) is 30.5 Å². The van der Waals surface area contributed by atoms with Crippen molar-refractivity contribution in [2.75, 3.05) is 25.1 Å². The Morgan fingerprint density at radius 1 is 1.00 bits per heavy atom. The van der Waals surface area contributed by atoms with Gasteiger partial charge >= 0.3 is 0 Å². The molecule has 18 heavy (non-hydrogen) atoms. The average Bonchev–Trinajstić information content (AvgIpc) is 2.46. The van der Waals surface area contributed by atoms with Crippen molar-refractivity contribution in [3.63, 3.8) is 0 Å². The van der Waals surface area contributed by atoms with E-state index < -0.39 is 0 Å². The van der Waals surface area contributed by atoms with Gasteiger partial charge in [0.05, 0.1) is 0 Å². The van der Waals surface area contributed by atoms with E-state index in [1.54, 1.807) is 0 Å². The minimum absolute atomic E-state index is 0.652. The normalized spacial score (nSPS) is 19.6. The molecule has 0 aromatic heterocycles. The number of hydrogen-bond acceptors (Lipinski definition) is 3. The molecule has 0 radical (unpaired) electrons. The van der Waals surface area contributed by atoms with Gasteiger partial charge in [0.1, 0.15) is 13.2 Å². The van der Waals surface area contributed by atoms with Crippen LogP contribution in [0, 0.1) is 5.92 Å². The molecule has 3 nitrogen and oxygen atoms in total. The highest BCUT2D eigenvalue weighted by Crippen LogP contribution is 2.33. The lowest BCUT2D eigenvalue weighted by atomic mass is 9.89. The third-order valence-electron chi connectivity index (χ3n) is 3.86. The Morgan fingerprint density at radius 3 is 2.61 bits per heavy atom. The molecule has 1 fully saturated rings. The second-order valence-corrected chi connectivity index (χ2v) is 5.24. The average molecular weight is 247 g/mol. The third-order valence-corrected chi connectivity index (χ3v) is 3.86. The van der Waals surface area contributed by atoms with E-state index in [0.29, 0.717) is 13.2 Å². The third kappa shape index (κ3) is 2.71. The molecule has 98 valence electrons. The summed E-state index contributed by atoms with van der Waals surface area (Å²) in [4.78, 5) is 0. The fraction of sp³-hybridized carbons (Fsp3) is 0.600. The highest BCUT2D eigenvalue weighted by atomic mass is 16.6. The van der Waals surface area contributed by atoms with Gasteiger partial charge in [0.25, 0.3) is 0 Å². The number of benzene rings is 1. The number of anilines is 1. The molecule has 1 saturated carbocycles. The van der Waals surface area contributed by atoms with E-state index >= 15 is 0 Å². The van der Waals surface area contributed by atoms with Crippen LogP contribution < -0.4 is 14.8 Å². The number of rotatable bonds is 3. The molecular formula is C15H21NO2. The van der Waals surface area contributed by atoms with E-state index in [1.165, 1.54) is 32.1 Å². The van der Waals surface area contributed by atoms with E-state index in [-0.39, 0.29) is 0 Å². The lowest BCUT2D eigenvalue weighted by Gasteiger charge is -2.23. The predicted octanol–water partition coefficient (Wildman–Crippen LogP) is 3.45. The zero-order valence-electron chi connectivity index (χ0n) is 10.8. The fourth-order valence-electron chi connectivity index (χ4n) is 2.81. The highest BCUT2D eigenvalue weighted by Gasteiger charge is 2.14. The van der Waals surface area contributed by atoms with Gasteiger partial charge in [-0.15, -0.1) is 0 Å². The van der Waals surface area contributed by atoms with E-state index in [9.17, 15) is 0 Å². The van der Waals surface area contributed by atoms with Crippen molar-refractivity contribution in [3.05, 3.63) is 18.2 Å². The molecule has 1 aromatic rings. The highest BCUT2D eigenvalue weighted by molar-refractivity contribution is 5.55. The Hall–Kier alpha value is -1.38. The summed E-state index contributed by atoms with van der Waals surface area (Å²) in [5.74, 6) is 2.58. The summed E-state index contributed by atoms with van der Waals surface area (Å²) >= 11 is 0. The van der Waals surface area contributed by atoms with Crippen LogP contribution in [0.15, 0.2) is 18.2 Å². The maximum absolute atomic E-state index is 5.59. The Kier molecular flexibility index (Phi) is 3.58. The summed E-state index contributed by atoms with van der Waals surface area (Å²) in [6, 6.07) is 6.13. The summed E-state index contributed by atoms with van der Waals surface area (Å²) in [5, 5.41) is 3.53.